The predicted octanol–water partition coefficient (Wildman–Crippen LogP) is 3.99. The lowest BCUT2D eigenvalue weighted by Gasteiger charge is -2.14. The Morgan fingerprint density at radius 1 is 1.31 bits per heavy atom. The first kappa shape index (κ1) is 17.3. The smallest absolute Gasteiger partial charge is 0.259 e. The van der Waals surface area contributed by atoms with Gasteiger partial charge in [0, 0.05) is 22.5 Å². The van der Waals surface area contributed by atoms with Crippen molar-refractivity contribution in [2.75, 3.05) is 0 Å². The number of aromatic nitrogens is 2. The SMILES string of the molecule is C[C@@H](NCc1nc2sc3c(c2c(=O)[nH]1)CCCC3)c1ccc(F)cc1F. The van der Waals surface area contributed by atoms with Crippen LogP contribution in [0.3, 0.4) is 0 Å². The van der Waals surface area contributed by atoms with Gasteiger partial charge in [-0.15, -0.1) is 11.3 Å². The molecule has 0 saturated heterocycles. The Morgan fingerprint density at radius 3 is 2.92 bits per heavy atom. The van der Waals surface area contributed by atoms with Crippen molar-refractivity contribution in [1.82, 2.24) is 15.3 Å². The second-order valence-electron chi connectivity index (χ2n) is 6.67. The Morgan fingerprint density at radius 2 is 2.12 bits per heavy atom. The van der Waals surface area contributed by atoms with Crippen LogP contribution in [0.5, 0.6) is 0 Å². The summed E-state index contributed by atoms with van der Waals surface area (Å²) in [4.78, 5) is 22.0. The van der Waals surface area contributed by atoms with Gasteiger partial charge in [0.2, 0.25) is 0 Å². The van der Waals surface area contributed by atoms with E-state index in [-0.39, 0.29) is 11.6 Å². The van der Waals surface area contributed by atoms with Crippen molar-refractivity contribution in [2.24, 2.45) is 0 Å². The van der Waals surface area contributed by atoms with E-state index in [9.17, 15) is 13.6 Å². The van der Waals surface area contributed by atoms with Crippen LogP contribution in [-0.2, 0) is 19.4 Å². The number of halogens is 2. The number of nitrogens with one attached hydrogen (secondary N) is 2. The van der Waals surface area contributed by atoms with E-state index in [0.717, 1.165) is 47.5 Å². The molecule has 0 unspecified atom stereocenters. The van der Waals surface area contributed by atoms with Crippen molar-refractivity contribution in [1.29, 1.82) is 0 Å². The van der Waals surface area contributed by atoms with E-state index < -0.39 is 11.6 Å². The number of thiophene rings is 1. The third-order valence-corrected chi connectivity index (χ3v) is 6.06. The molecule has 136 valence electrons. The van der Waals surface area contributed by atoms with Crippen molar-refractivity contribution < 1.29 is 8.78 Å². The van der Waals surface area contributed by atoms with E-state index in [1.165, 1.54) is 17.0 Å². The Kier molecular flexibility index (Phi) is 4.58. The molecular formula is C19H19F2N3OS. The van der Waals surface area contributed by atoms with Crippen LogP contribution in [0.25, 0.3) is 10.2 Å². The first-order valence-corrected chi connectivity index (χ1v) is 9.56. The van der Waals surface area contributed by atoms with Crippen LogP contribution < -0.4 is 10.9 Å². The summed E-state index contributed by atoms with van der Waals surface area (Å²) in [6.07, 6.45) is 4.23. The van der Waals surface area contributed by atoms with Crippen LogP contribution in [0.2, 0.25) is 0 Å². The lowest BCUT2D eigenvalue weighted by atomic mass is 9.97. The van der Waals surface area contributed by atoms with E-state index in [1.54, 1.807) is 18.3 Å². The molecule has 0 saturated carbocycles. The van der Waals surface area contributed by atoms with E-state index in [2.05, 4.69) is 15.3 Å². The summed E-state index contributed by atoms with van der Waals surface area (Å²) in [5, 5.41) is 3.87. The fraction of sp³-hybridized carbons (Fsp3) is 0.368. The summed E-state index contributed by atoms with van der Waals surface area (Å²) < 4.78 is 26.9. The van der Waals surface area contributed by atoms with Crippen LogP contribution in [0.4, 0.5) is 8.78 Å². The minimum atomic E-state index is -0.600. The monoisotopic (exact) mass is 375 g/mol. The van der Waals surface area contributed by atoms with Crippen molar-refractivity contribution in [3.05, 3.63) is 62.0 Å². The van der Waals surface area contributed by atoms with Crippen LogP contribution >= 0.6 is 11.3 Å². The lowest BCUT2D eigenvalue weighted by molar-refractivity contribution is 0.511. The molecule has 2 aromatic heterocycles. The molecule has 4 rings (SSSR count). The Labute approximate surface area is 153 Å². The van der Waals surface area contributed by atoms with Gasteiger partial charge < -0.3 is 10.3 Å². The maximum Gasteiger partial charge on any atom is 0.259 e. The van der Waals surface area contributed by atoms with Crippen molar-refractivity contribution in [3.8, 4) is 0 Å². The third-order valence-electron chi connectivity index (χ3n) is 4.88. The normalized spacial score (nSPS) is 15.2. The highest BCUT2D eigenvalue weighted by atomic mass is 32.1. The number of benzene rings is 1. The van der Waals surface area contributed by atoms with Crippen molar-refractivity contribution in [2.45, 2.75) is 45.2 Å². The maximum absolute atomic E-state index is 13.9. The number of hydrogen-bond acceptors (Lipinski definition) is 4. The van der Waals surface area contributed by atoms with Crippen LogP contribution in [-0.4, -0.2) is 9.97 Å². The highest BCUT2D eigenvalue weighted by Crippen LogP contribution is 2.33. The number of hydrogen-bond donors (Lipinski definition) is 2. The Bertz CT molecular complexity index is 1030. The molecule has 2 heterocycles. The Hall–Kier alpha value is -2.12. The molecule has 3 aromatic rings. The van der Waals surface area contributed by atoms with E-state index in [0.29, 0.717) is 17.9 Å². The molecule has 7 heteroatoms. The molecule has 0 radical (unpaired) electrons. The fourth-order valence-electron chi connectivity index (χ4n) is 3.50. The first-order valence-electron chi connectivity index (χ1n) is 8.74. The zero-order valence-corrected chi connectivity index (χ0v) is 15.2. The van der Waals surface area contributed by atoms with Crippen LogP contribution in [0, 0.1) is 11.6 Å². The van der Waals surface area contributed by atoms with Crippen LogP contribution in [0.15, 0.2) is 23.0 Å². The summed E-state index contributed by atoms with van der Waals surface area (Å²) >= 11 is 1.60. The minimum absolute atomic E-state index is 0.105. The van der Waals surface area contributed by atoms with Gasteiger partial charge in [-0.2, -0.15) is 0 Å². The molecule has 0 aliphatic heterocycles. The number of aromatic amines is 1. The van der Waals surface area contributed by atoms with Crippen molar-refractivity contribution >= 4 is 21.6 Å². The lowest BCUT2D eigenvalue weighted by Crippen LogP contribution is -2.23. The molecule has 0 spiro atoms. The number of H-pyrrole nitrogens is 1. The molecule has 1 aromatic carbocycles. The van der Waals surface area contributed by atoms with Gasteiger partial charge in [0.25, 0.3) is 5.56 Å². The number of fused-ring (bicyclic) bond motifs is 3. The van der Waals surface area contributed by atoms with Crippen LogP contribution in [0.1, 0.15) is 47.6 Å². The topological polar surface area (TPSA) is 57.8 Å². The van der Waals surface area contributed by atoms with Gasteiger partial charge in [0.15, 0.2) is 0 Å². The molecule has 1 atom stereocenters. The quantitative estimate of drug-likeness (QED) is 0.725. The van der Waals surface area contributed by atoms with E-state index in [1.807, 2.05) is 0 Å². The zero-order chi connectivity index (χ0) is 18.3. The van der Waals surface area contributed by atoms with Gasteiger partial charge >= 0.3 is 0 Å². The molecule has 2 N–H and O–H groups in total. The predicted molar refractivity (Wildman–Crippen MR) is 98.5 cm³/mol. The van der Waals surface area contributed by atoms with Gasteiger partial charge in [-0.25, -0.2) is 13.8 Å². The van der Waals surface area contributed by atoms with E-state index >= 15 is 0 Å². The van der Waals surface area contributed by atoms with Crippen molar-refractivity contribution in [3.63, 3.8) is 0 Å². The third kappa shape index (κ3) is 3.17. The minimum Gasteiger partial charge on any atom is -0.309 e. The fourth-order valence-corrected chi connectivity index (χ4v) is 4.79. The molecule has 0 amide bonds. The summed E-state index contributed by atoms with van der Waals surface area (Å²) in [6.45, 7) is 2.09. The van der Waals surface area contributed by atoms with Gasteiger partial charge in [0.05, 0.1) is 11.9 Å². The molecule has 1 aliphatic carbocycles. The molecule has 26 heavy (non-hydrogen) atoms. The zero-order valence-electron chi connectivity index (χ0n) is 14.4. The van der Waals surface area contributed by atoms with Gasteiger partial charge in [-0.1, -0.05) is 6.07 Å². The summed E-state index contributed by atoms with van der Waals surface area (Å²) in [7, 11) is 0. The second-order valence-corrected chi connectivity index (χ2v) is 7.76. The molecule has 1 aliphatic rings. The van der Waals surface area contributed by atoms with Gasteiger partial charge in [-0.05, 0) is 44.2 Å². The number of rotatable bonds is 4. The average Bonchev–Trinajstić information content (AvgIpc) is 2.98. The summed E-state index contributed by atoms with van der Waals surface area (Å²) in [6, 6.07) is 3.19. The molecular weight excluding hydrogens is 356 g/mol. The summed E-state index contributed by atoms with van der Waals surface area (Å²) in [5.41, 5.74) is 1.43. The largest absolute Gasteiger partial charge is 0.309 e. The summed E-state index contributed by atoms with van der Waals surface area (Å²) in [5.74, 6) is -0.667. The molecule has 0 fully saturated rings. The van der Waals surface area contributed by atoms with Gasteiger partial charge in [0.1, 0.15) is 22.3 Å². The van der Waals surface area contributed by atoms with Gasteiger partial charge in [-0.3, -0.25) is 4.79 Å². The first-order chi connectivity index (χ1) is 12.5. The second kappa shape index (κ2) is 6.89. The molecule has 4 nitrogen and oxygen atoms in total. The highest BCUT2D eigenvalue weighted by molar-refractivity contribution is 7.18. The highest BCUT2D eigenvalue weighted by Gasteiger charge is 2.20. The number of nitrogens with zero attached hydrogens (tertiary/aromatic N) is 1. The molecule has 0 bridgehead atoms. The number of aryl methyl sites for hydroxylation is 2. The Balaban J connectivity index is 1.57. The average molecular weight is 375 g/mol. The maximum atomic E-state index is 13.9. The standard InChI is InChI=1S/C19H19F2N3OS/c1-10(12-7-6-11(20)8-14(12)21)22-9-16-23-18(25)17-13-4-2-3-5-15(13)26-19(17)24-16/h6-8,10,22H,2-5,9H2,1H3,(H,23,24,25)/t10-/m1/s1. The van der Waals surface area contributed by atoms with E-state index in [4.69, 9.17) is 0 Å².